The minimum absolute atomic E-state index is 0.0502. The van der Waals surface area contributed by atoms with Crippen molar-refractivity contribution in [2.75, 3.05) is 32.4 Å². The van der Waals surface area contributed by atoms with Crippen LogP contribution in [0.1, 0.15) is 25.0 Å². The summed E-state index contributed by atoms with van der Waals surface area (Å²) in [5, 5.41) is 5.70. The van der Waals surface area contributed by atoms with E-state index in [4.69, 9.17) is 0 Å². The van der Waals surface area contributed by atoms with Gasteiger partial charge in [0.15, 0.2) is 0 Å². The molecule has 0 heterocycles. The molecule has 2 amide bonds. The average Bonchev–Trinajstić information content (AvgIpc) is 2.47. The Morgan fingerprint density at radius 3 is 2.38 bits per heavy atom. The lowest BCUT2D eigenvalue weighted by atomic mass is 10.2. The number of likely N-dealkylation sites (N-methyl/N-ethyl adjacent to an activating group) is 1. The Bertz CT molecular complexity index is 518. The van der Waals surface area contributed by atoms with E-state index in [0.717, 1.165) is 11.5 Å². The smallest absolute Gasteiger partial charge is 0.234 e. The van der Waals surface area contributed by atoms with E-state index >= 15 is 0 Å². The number of nitrogens with one attached hydrogen (secondary N) is 2. The van der Waals surface area contributed by atoms with E-state index in [2.05, 4.69) is 41.8 Å². The van der Waals surface area contributed by atoms with Crippen molar-refractivity contribution < 1.29 is 9.59 Å². The molecule has 0 spiro atoms. The summed E-state index contributed by atoms with van der Waals surface area (Å²) in [7, 11) is 1.77. The first-order chi connectivity index (χ1) is 11.4. The predicted molar refractivity (Wildman–Crippen MR) is 101 cm³/mol. The molecule has 0 fully saturated rings. The van der Waals surface area contributed by atoms with Crippen molar-refractivity contribution in [1.29, 1.82) is 0 Å². The van der Waals surface area contributed by atoms with Gasteiger partial charge < -0.3 is 10.6 Å². The second-order valence-corrected chi connectivity index (χ2v) is 7.39. The molecule has 0 aliphatic carbocycles. The van der Waals surface area contributed by atoms with Gasteiger partial charge in [0, 0.05) is 24.1 Å². The fourth-order valence-corrected chi connectivity index (χ4v) is 2.93. The van der Waals surface area contributed by atoms with Crippen molar-refractivity contribution in [3.63, 3.8) is 0 Å². The Labute approximate surface area is 149 Å². The summed E-state index contributed by atoms with van der Waals surface area (Å²) in [6, 6.07) is 8.62. The van der Waals surface area contributed by atoms with Crippen LogP contribution in [-0.4, -0.2) is 55.2 Å². The highest BCUT2D eigenvalue weighted by Gasteiger charge is 2.10. The highest BCUT2D eigenvalue weighted by atomic mass is 32.2. The lowest BCUT2D eigenvalue weighted by Gasteiger charge is -2.17. The summed E-state index contributed by atoms with van der Waals surface area (Å²) in [6.07, 6.45) is 0. The van der Waals surface area contributed by atoms with E-state index in [1.807, 2.05) is 13.8 Å². The molecule has 0 aliphatic rings. The van der Waals surface area contributed by atoms with Gasteiger partial charge in [0.25, 0.3) is 0 Å². The summed E-state index contributed by atoms with van der Waals surface area (Å²) in [6.45, 7) is 7.01. The van der Waals surface area contributed by atoms with Crippen LogP contribution in [0.15, 0.2) is 24.3 Å². The van der Waals surface area contributed by atoms with Crippen LogP contribution in [0.2, 0.25) is 0 Å². The van der Waals surface area contributed by atoms with Crippen LogP contribution < -0.4 is 10.6 Å². The molecule has 1 rings (SSSR count). The highest BCUT2D eigenvalue weighted by molar-refractivity contribution is 7.98. The standard InChI is InChI=1S/C18H29N3O2S/c1-14(2)20-18(23)12-21(4)11-17(22)19-9-10-24-13-16-7-5-15(3)6-8-16/h5-8,14H,9-13H2,1-4H3,(H,19,22)(H,20,23). The molecule has 6 heteroatoms. The summed E-state index contributed by atoms with van der Waals surface area (Å²) in [4.78, 5) is 25.2. The minimum atomic E-state index is -0.0612. The predicted octanol–water partition coefficient (Wildman–Crippen LogP) is 1.80. The van der Waals surface area contributed by atoms with Crippen molar-refractivity contribution in [3.05, 3.63) is 35.4 Å². The Balaban J connectivity index is 2.10. The number of aryl methyl sites for hydroxylation is 1. The lowest BCUT2D eigenvalue weighted by Crippen LogP contribution is -2.42. The van der Waals surface area contributed by atoms with E-state index in [1.165, 1.54) is 11.1 Å². The van der Waals surface area contributed by atoms with Crippen molar-refractivity contribution in [3.8, 4) is 0 Å². The molecule has 0 saturated heterocycles. The lowest BCUT2D eigenvalue weighted by molar-refractivity contribution is -0.124. The fraction of sp³-hybridized carbons (Fsp3) is 0.556. The molecule has 0 unspecified atom stereocenters. The molecule has 0 aliphatic heterocycles. The third-order valence-corrected chi connectivity index (χ3v) is 4.26. The molecule has 0 atom stereocenters. The van der Waals surface area contributed by atoms with E-state index in [9.17, 15) is 9.59 Å². The van der Waals surface area contributed by atoms with E-state index in [1.54, 1.807) is 23.7 Å². The Hall–Kier alpha value is -1.53. The Morgan fingerprint density at radius 1 is 1.12 bits per heavy atom. The summed E-state index contributed by atoms with van der Waals surface area (Å²) in [5.41, 5.74) is 2.56. The number of nitrogens with zero attached hydrogens (tertiary/aromatic N) is 1. The molecular formula is C18H29N3O2S. The number of hydrogen-bond donors (Lipinski definition) is 2. The van der Waals surface area contributed by atoms with Crippen LogP contribution in [0.4, 0.5) is 0 Å². The minimum Gasteiger partial charge on any atom is -0.354 e. The molecule has 134 valence electrons. The number of carbonyl (C=O) groups is 2. The number of hydrogen-bond acceptors (Lipinski definition) is 4. The first kappa shape index (κ1) is 20.5. The largest absolute Gasteiger partial charge is 0.354 e. The monoisotopic (exact) mass is 351 g/mol. The van der Waals surface area contributed by atoms with Gasteiger partial charge in [-0.15, -0.1) is 0 Å². The number of thioether (sulfide) groups is 1. The zero-order valence-electron chi connectivity index (χ0n) is 15.1. The average molecular weight is 352 g/mol. The molecule has 5 nitrogen and oxygen atoms in total. The molecule has 1 aromatic rings. The van der Waals surface area contributed by atoms with E-state index < -0.39 is 0 Å². The van der Waals surface area contributed by atoms with Gasteiger partial charge in [0.2, 0.25) is 11.8 Å². The van der Waals surface area contributed by atoms with Crippen molar-refractivity contribution in [1.82, 2.24) is 15.5 Å². The fourth-order valence-electron chi connectivity index (χ4n) is 2.11. The molecule has 0 saturated carbocycles. The van der Waals surface area contributed by atoms with Crippen LogP contribution >= 0.6 is 11.8 Å². The third kappa shape index (κ3) is 9.57. The second-order valence-electron chi connectivity index (χ2n) is 6.28. The van der Waals surface area contributed by atoms with E-state index in [0.29, 0.717) is 6.54 Å². The maximum absolute atomic E-state index is 11.8. The number of benzene rings is 1. The van der Waals surface area contributed by atoms with E-state index in [-0.39, 0.29) is 30.9 Å². The zero-order valence-corrected chi connectivity index (χ0v) is 15.9. The van der Waals surface area contributed by atoms with Crippen LogP contribution in [0.5, 0.6) is 0 Å². The molecular weight excluding hydrogens is 322 g/mol. The Morgan fingerprint density at radius 2 is 1.75 bits per heavy atom. The first-order valence-corrected chi connectivity index (χ1v) is 9.40. The second kappa shape index (κ2) is 11.1. The SMILES string of the molecule is Cc1ccc(CSCCNC(=O)CN(C)CC(=O)NC(C)C)cc1. The summed E-state index contributed by atoms with van der Waals surface area (Å²) < 4.78 is 0. The maximum atomic E-state index is 11.8. The number of carbonyl (C=O) groups excluding carboxylic acids is 2. The molecule has 1 aromatic carbocycles. The molecule has 2 N–H and O–H groups in total. The van der Waals surface area contributed by atoms with Gasteiger partial charge in [-0.25, -0.2) is 0 Å². The highest BCUT2D eigenvalue weighted by Crippen LogP contribution is 2.12. The molecule has 0 radical (unpaired) electrons. The van der Waals surface area contributed by atoms with Gasteiger partial charge in [-0.2, -0.15) is 11.8 Å². The van der Waals surface area contributed by atoms with Crippen LogP contribution in [0.3, 0.4) is 0 Å². The molecule has 0 aromatic heterocycles. The quantitative estimate of drug-likeness (QED) is 0.631. The van der Waals surface area contributed by atoms with Gasteiger partial charge in [0.1, 0.15) is 0 Å². The topological polar surface area (TPSA) is 61.4 Å². The van der Waals surface area contributed by atoms with Crippen molar-refractivity contribution in [2.24, 2.45) is 0 Å². The van der Waals surface area contributed by atoms with Gasteiger partial charge in [-0.1, -0.05) is 29.8 Å². The first-order valence-electron chi connectivity index (χ1n) is 8.24. The van der Waals surface area contributed by atoms with Crippen LogP contribution in [0.25, 0.3) is 0 Å². The van der Waals surface area contributed by atoms with Crippen molar-refractivity contribution >= 4 is 23.6 Å². The van der Waals surface area contributed by atoms with Crippen molar-refractivity contribution in [2.45, 2.75) is 32.6 Å². The van der Waals surface area contributed by atoms with Gasteiger partial charge in [-0.05, 0) is 33.4 Å². The van der Waals surface area contributed by atoms with Gasteiger partial charge >= 0.3 is 0 Å². The number of rotatable bonds is 10. The Kier molecular flexibility index (Phi) is 9.49. The zero-order chi connectivity index (χ0) is 17.9. The maximum Gasteiger partial charge on any atom is 0.234 e. The summed E-state index contributed by atoms with van der Waals surface area (Å²) in [5.74, 6) is 1.71. The van der Waals surface area contributed by atoms with Gasteiger partial charge in [0.05, 0.1) is 13.1 Å². The molecule has 24 heavy (non-hydrogen) atoms. The normalized spacial score (nSPS) is 10.9. The number of amides is 2. The summed E-state index contributed by atoms with van der Waals surface area (Å²) >= 11 is 1.80. The van der Waals surface area contributed by atoms with Crippen LogP contribution in [0, 0.1) is 6.92 Å². The molecule has 0 bridgehead atoms. The van der Waals surface area contributed by atoms with Gasteiger partial charge in [-0.3, -0.25) is 14.5 Å². The third-order valence-electron chi connectivity index (χ3n) is 3.23. The van der Waals surface area contributed by atoms with Crippen LogP contribution in [-0.2, 0) is 15.3 Å².